The van der Waals surface area contributed by atoms with Crippen LogP contribution in [-0.2, 0) is 16.8 Å². The van der Waals surface area contributed by atoms with Crippen molar-refractivity contribution in [2.45, 2.75) is 32.8 Å². The Labute approximate surface area is 146 Å². The minimum absolute atomic E-state index is 0.0316. The summed E-state index contributed by atoms with van der Waals surface area (Å²) in [7, 11) is 1.66. The van der Waals surface area contributed by atoms with Gasteiger partial charge in [0.25, 0.3) is 0 Å². The lowest BCUT2D eigenvalue weighted by Gasteiger charge is -2.35. The van der Waals surface area contributed by atoms with Crippen LogP contribution in [-0.4, -0.2) is 52.6 Å². The summed E-state index contributed by atoms with van der Waals surface area (Å²) in [6, 6.07) is 2.11. The lowest BCUT2D eigenvalue weighted by Crippen LogP contribution is -2.47. The Bertz CT molecular complexity index is 675. The minimum Gasteiger partial charge on any atom is -0.377 e. The van der Waals surface area contributed by atoms with Gasteiger partial charge in [-0.05, 0) is 0 Å². The topological polar surface area (TPSA) is 67.3 Å². The van der Waals surface area contributed by atoms with E-state index >= 15 is 0 Å². The Morgan fingerprint density at radius 3 is 2.50 bits per heavy atom. The first-order valence-corrected chi connectivity index (χ1v) is 8.88. The molecule has 2 aromatic heterocycles. The van der Waals surface area contributed by atoms with Gasteiger partial charge < -0.3 is 14.5 Å². The molecule has 0 aromatic carbocycles. The third-order valence-corrected chi connectivity index (χ3v) is 4.84. The summed E-state index contributed by atoms with van der Waals surface area (Å²) in [6.07, 6.45) is 1.67. The molecule has 3 rings (SSSR count). The molecule has 0 spiro atoms. The lowest BCUT2D eigenvalue weighted by molar-refractivity contribution is 0.179. The standard InChI is InChI=1S/C16H24N6OS/c1-16(2,3)12-9-14(18-11-17-12)21-5-7-22(8-6-21)15-19-13(10-23-4)20-24-15/h9,11H,5-8,10H2,1-4H3. The fourth-order valence-corrected chi connectivity index (χ4v) is 3.34. The normalized spacial score (nSPS) is 15.8. The third-order valence-electron chi connectivity index (χ3n) is 4.03. The van der Waals surface area contributed by atoms with Gasteiger partial charge in [-0.2, -0.15) is 4.37 Å². The van der Waals surface area contributed by atoms with Gasteiger partial charge >= 0.3 is 0 Å². The van der Waals surface area contributed by atoms with Crippen LogP contribution < -0.4 is 9.80 Å². The molecule has 0 radical (unpaired) electrons. The number of nitrogens with zero attached hydrogens (tertiary/aromatic N) is 6. The molecule has 8 heteroatoms. The smallest absolute Gasteiger partial charge is 0.205 e. The Balaban J connectivity index is 1.64. The molecule has 1 saturated heterocycles. The van der Waals surface area contributed by atoms with Crippen LogP contribution in [0.3, 0.4) is 0 Å². The van der Waals surface area contributed by atoms with Crippen molar-refractivity contribution in [2.75, 3.05) is 43.1 Å². The second kappa shape index (κ2) is 6.98. The first-order valence-electron chi connectivity index (χ1n) is 8.11. The second-order valence-corrected chi connectivity index (χ2v) is 7.64. The van der Waals surface area contributed by atoms with Crippen LogP contribution in [0, 0.1) is 0 Å². The molecule has 24 heavy (non-hydrogen) atoms. The van der Waals surface area contributed by atoms with Crippen molar-refractivity contribution >= 4 is 22.5 Å². The monoisotopic (exact) mass is 348 g/mol. The van der Waals surface area contributed by atoms with E-state index in [0.717, 1.165) is 48.6 Å². The van der Waals surface area contributed by atoms with E-state index in [1.54, 1.807) is 13.4 Å². The molecule has 7 nitrogen and oxygen atoms in total. The first-order chi connectivity index (χ1) is 11.5. The molecule has 3 heterocycles. The molecule has 130 valence electrons. The highest BCUT2D eigenvalue weighted by atomic mass is 32.1. The van der Waals surface area contributed by atoms with Crippen molar-refractivity contribution < 1.29 is 4.74 Å². The van der Waals surface area contributed by atoms with Crippen LogP contribution in [0.5, 0.6) is 0 Å². The van der Waals surface area contributed by atoms with E-state index in [2.05, 4.69) is 56.0 Å². The molecule has 0 saturated carbocycles. The van der Waals surface area contributed by atoms with Gasteiger partial charge in [-0.3, -0.25) is 0 Å². The fourth-order valence-electron chi connectivity index (χ4n) is 2.62. The summed E-state index contributed by atoms with van der Waals surface area (Å²) in [6.45, 7) is 10.6. The quantitative estimate of drug-likeness (QED) is 0.838. The molecular weight excluding hydrogens is 324 g/mol. The number of methoxy groups -OCH3 is 1. The number of aromatic nitrogens is 4. The number of anilines is 2. The molecule has 0 aliphatic carbocycles. The van der Waals surface area contributed by atoms with Crippen LogP contribution in [0.4, 0.5) is 10.9 Å². The zero-order chi connectivity index (χ0) is 17.2. The lowest BCUT2D eigenvalue weighted by atomic mass is 9.92. The van der Waals surface area contributed by atoms with Crippen LogP contribution in [0.1, 0.15) is 32.3 Å². The van der Waals surface area contributed by atoms with E-state index in [9.17, 15) is 0 Å². The van der Waals surface area contributed by atoms with Gasteiger partial charge in [-0.1, -0.05) is 20.8 Å². The SMILES string of the molecule is COCc1nsc(N2CCN(c3cc(C(C)(C)C)ncn3)CC2)n1. The molecule has 0 unspecified atom stereocenters. The molecule has 1 fully saturated rings. The summed E-state index contributed by atoms with van der Waals surface area (Å²) < 4.78 is 9.41. The van der Waals surface area contributed by atoms with E-state index in [0.29, 0.717) is 6.61 Å². The molecule has 1 aliphatic rings. The maximum atomic E-state index is 5.08. The Morgan fingerprint density at radius 1 is 1.12 bits per heavy atom. The minimum atomic E-state index is 0.0316. The average molecular weight is 348 g/mol. The average Bonchev–Trinajstić information content (AvgIpc) is 3.03. The van der Waals surface area contributed by atoms with E-state index in [4.69, 9.17) is 4.74 Å². The second-order valence-electron chi connectivity index (χ2n) is 6.91. The molecule has 2 aromatic rings. The van der Waals surface area contributed by atoms with Crippen LogP contribution in [0.15, 0.2) is 12.4 Å². The zero-order valence-electron chi connectivity index (χ0n) is 14.7. The number of ether oxygens (including phenoxy) is 1. The summed E-state index contributed by atoms with van der Waals surface area (Å²) in [5.74, 6) is 1.76. The first kappa shape index (κ1) is 17.0. The maximum absolute atomic E-state index is 5.08. The number of hydrogen-bond donors (Lipinski definition) is 0. The van der Waals surface area contributed by atoms with E-state index in [-0.39, 0.29) is 5.41 Å². The largest absolute Gasteiger partial charge is 0.377 e. The Morgan fingerprint density at radius 2 is 1.83 bits per heavy atom. The molecule has 0 bridgehead atoms. The van der Waals surface area contributed by atoms with E-state index in [1.165, 1.54) is 11.5 Å². The molecule has 0 atom stereocenters. The number of piperazine rings is 1. The van der Waals surface area contributed by atoms with Gasteiger partial charge in [0.2, 0.25) is 5.13 Å². The van der Waals surface area contributed by atoms with Crippen LogP contribution >= 0.6 is 11.5 Å². The van der Waals surface area contributed by atoms with E-state index in [1.807, 2.05) is 0 Å². The Hall–Kier alpha value is -1.80. The summed E-state index contributed by atoms with van der Waals surface area (Å²) in [5, 5.41) is 0.972. The highest BCUT2D eigenvalue weighted by molar-refractivity contribution is 7.09. The van der Waals surface area contributed by atoms with Gasteiger partial charge in [0.05, 0.1) is 5.69 Å². The molecule has 0 amide bonds. The molecule has 1 aliphatic heterocycles. The Kier molecular flexibility index (Phi) is 4.96. The van der Waals surface area contributed by atoms with Crippen molar-refractivity contribution in [1.29, 1.82) is 0 Å². The summed E-state index contributed by atoms with van der Waals surface area (Å²) in [5.41, 5.74) is 1.10. The molecular formula is C16H24N6OS. The summed E-state index contributed by atoms with van der Waals surface area (Å²) in [4.78, 5) is 18.0. The van der Waals surface area contributed by atoms with Crippen molar-refractivity contribution in [3.05, 3.63) is 23.9 Å². The number of hydrogen-bond acceptors (Lipinski definition) is 8. The van der Waals surface area contributed by atoms with Crippen LogP contribution in [0.25, 0.3) is 0 Å². The fraction of sp³-hybridized carbons (Fsp3) is 0.625. The molecule has 0 N–H and O–H groups in total. The zero-order valence-corrected chi connectivity index (χ0v) is 15.5. The summed E-state index contributed by atoms with van der Waals surface area (Å²) >= 11 is 1.44. The number of rotatable bonds is 4. The highest BCUT2D eigenvalue weighted by Crippen LogP contribution is 2.25. The van der Waals surface area contributed by atoms with Crippen molar-refractivity contribution in [2.24, 2.45) is 0 Å². The highest BCUT2D eigenvalue weighted by Gasteiger charge is 2.23. The van der Waals surface area contributed by atoms with E-state index < -0.39 is 0 Å². The van der Waals surface area contributed by atoms with Crippen LogP contribution in [0.2, 0.25) is 0 Å². The van der Waals surface area contributed by atoms with Gasteiger partial charge in [0, 0.05) is 56.3 Å². The van der Waals surface area contributed by atoms with Crippen molar-refractivity contribution in [1.82, 2.24) is 19.3 Å². The van der Waals surface area contributed by atoms with Gasteiger partial charge in [-0.15, -0.1) is 0 Å². The third kappa shape index (κ3) is 3.81. The van der Waals surface area contributed by atoms with Gasteiger partial charge in [-0.25, -0.2) is 15.0 Å². The maximum Gasteiger partial charge on any atom is 0.205 e. The van der Waals surface area contributed by atoms with Crippen molar-refractivity contribution in [3.63, 3.8) is 0 Å². The van der Waals surface area contributed by atoms with Gasteiger partial charge in [0.1, 0.15) is 18.8 Å². The predicted molar refractivity (Wildman–Crippen MR) is 95.8 cm³/mol. The van der Waals surface area contributed by atoms with Gasteiger partial charge in [0.15, 0.2) is 5.82 Å². The predicted octanol–water partition coefficient (Wildman–Crippen LogP) is 2.10. The van der Waals surface area contributed by atoms with Crippen molar-refractivity contribution in [3.8, 4) is 0 Å².